The second kappa shape index (κ2) is 11.8. The molecule has 0 aromatic heterocycles. The topological polar surface area (TPSA) is 62.4 Å². The van der Waals surface area contributed by atoms with Crippen molar-refractivity contribution in [3.05, 3.63) is 0 Å². The summed E-state index contributed by atoms with van der Waals surface area (Å²) in [6.45, 7) is 10.7. The van der Waals surface area contributed by atoms with Gasteiger partial charge in [-0.3, -0.25) is 4.79 Å². The minimum atomic E-state index is 0.0754. The molecule has 3 N–H and O–H groups in total. The van der Waals surface area contributed by atoms with Crippen molar-refractivity contribution in [3.8, 4) is 0 Å². The fraction of sp³-hybridized carbons (Fsp3) is 0.917. The molecule has 0 bridgehead atoms. The summed E-state index contributed by atoms with van der Waals surface area (Å²) < 4.78 is 5.36. The highest BCUT2D eigenvalue weighted by Crippen LogP contribution is 1.77. The van der Waals surface area contributed by atoms with Crippen LogP contribution in [0.1, 0.15) is 27.2 Å². The van der Waals surface area contributed by atoms with Gasteiger partial charge in [0.15, 0.2) is 0 Å². The third kappa shape index (κ3) is 13.3. The molecule has 0 atom stereocenters. The Morgan fingerprint density at radius 2 is 1.82 bits per heavy atom. The summed E-state index contributed by atoms with van der Waals surface area (Å²) in [6, 6.07) is 0.537. The van der Waals surface area contributed by atoms with Gasteiger partial charge in [-0.25, -0.2) is 0 Å². The number of rotatable bonds is 11. The monoisotopic (exact) mass is 245 g/mol. The zero-order valence-corrected chi connectivity index (χ0v) is 11.3. The van der Waals surface area contributed by atoms with E-state index in [1.807, 2.05) is 6.92 Å². The van der Waals surface area contributed by atoms with E-state index in [0.29, 0.717) is 32.2 Å². The molecule has 0 aromatic rings. The van der Waals surface area contributed by atoms with Crippen LogP contribution in [0.3, 0.4) is 0 Å². The molecule has 0 radical (unpaired) electrons. The lowest BCUT2D eigenvalue weighted by Gasteiger charge is -2.09. The summed E-state index contributed by atoms with van der Waals surface area (Å²) in [4.78, 5) is 10.9. The second-order valence-electron chi connectivity index (χ2n) is 4.17. The molecule has 5 heteroatoms. The van der Waals surface area contributed by atoms with Crippen LogP contribution in [0.4, 0.5) is 0 Å². The Morgan fingerprint density at radius 1 is 1.12 bits per heavy atom. The largest absolute Gasteiger partial charge is 0.378 e. The van der Waals surface area contributed by atoms with E-state index < -0.39 is 0 Å². The van der Waals surface area contributed by atoms with E-state index in [1.54, 1.807) is 0 Å². The quantitative estimate of drug-likeness (QED) is 0.452. The summed E-state index contributed by atoms with van der Waals surface area (Å²) in [5.74, 6) is 0.0754. The van der Waals surface area contributed by atoms with E-state index >= 15 is 0 Å². The van der Waals surface area contributed by atoms with Crippen LogP contribution in [0, 0.1) is 0 Å². The smallest absolute Gasteiger partial charge is 0.219 e. The summed E-state index contributed by atoms with van der Waals surface area (Å²) in [5, 5.41) is 9.36. The van der Waals surface area contributed by atoms with Crippen LogP contribution < -0.4 is 16.0 Å². The van der Waals surface area contributed by atoms with Gasteiger partial charge >= 0.3 is 0 Å². The number of carbonyl (C=O) groups is 1. The van der Waals surface area contributed by atoms with Gasteiger partial charge < -0.3 is 20.7 Å². The number of hydrogen-bond donors (Lipinski definition) is 3. The van der Waals surface area contributed by atoms with Crippen LogP contribution in [0.2, 0.25) is 0 Å². The van der Waals surface area contributed by atoms with Crippen molar-refractivity contribution in [1.29, 1.82) is 0 Å². The zero-order valence-electron chi connectivity index (χ0n) is 11.3. The van der Waals surface area contributed by atoms with Crippen molar-refractivity contribution < 1.29 is 9.53 Å². The van der Waals surface area contributed by atoms with Crippen LogP contribution >= 0.6 is 0 Å². The lowest BCUT2D eigenvalue weighted by molar-refractivity contribution is -0.121. The Bertz CT molecular complexity index is 187. The van der Waals surface area contributed by atoms with E-state index in [-0.39, 0.29) is 5.91 Å². The van der Waals surface area contributed by atoms with Gasteiger partial charge in [-0.05, 0) is 0 Å². The maximum Gasteiger partial charge on any atom is 0.219 e. The third-order valence-electron chi connectivity index (χ3n) is 2.17. The summed E-state index contributed by atoms with van der Waals surface area (Å²) in [7, 11) is 0. The normalized spacial score (nSPS) is 10.8. The van der Waals surface area contributed by atoms with Gasteiger partial charge in [0.1, 0.15) is 0 Å². The van der Waals surface area contributed by atoms with Crippen molar-refractivity contribution >= 4 is 5.91 Å². The van der Waals surface area contributed by atoms with E-state index in [4.69, 9.17) is 4.74 Å². The molecule has 0 saturated carbocycles. The highest BCUT2D eigenvalue weighted by atomic mass is 16.5. The molecule has 0 aliphatic carbocycles. The van der Waals surface area contributed by atoms with Crippen LogP contribution in [0.15, 0.2) is 0 Å². The van der Waals surface area contributed by atoms with Gasteiger partial charge in [-0.15, -0.1) is 0 Å². The average Bonchev–Trinajstić information content (AvgIpc) is 2.30. The van der Waals surface area contributed by atoms with Crippen LogP contribution in [-0.2, 0) is 9.53 Å². The first kappa shape index (κ1) is 16.4. The van der Waals surface area contributed by atoms with Crippen molar-refractivity contribution in [3.63, 3.8) is 0 Å². The Kier molecular flexibility index (Phi) is 11.4. The van der Waals surface area contributed by atoms with Gasteiger partial charge in [0.2, 0.25) is 5.91 Å². The molecule has 0 heterocycles. The number of amides is 1. The van der Waals surface area contributed by atoms with Crippen LogP contribution in [-0.4, -0.2) is 51.3 Å². The van der Waals surface area contributed by atoms with Crippen molar-refractivity contribution in [2.24, 2.45) is 0 Å². The Balaban J connectivity index is 3.01. The minimum absolute atomic E-state index is 0.0754. The molecule has 0 spiro atoms. The molecule has 0 unspecified atom stereocenters. The fourth-order valence-electron chi connectivity index (χ4n) is 1.21. The number of ether oxygens (including phenoxy) is 1. The van der Waals surface area contributed by atoms with Crippen molar-refractivity contribution in [2.75, 3.05) is 39.4 Å². The van der Waals surface area contributed by atoms with Crippen molar-refractivity contribution in [1.82, 2.24) is 16.0 Å². The average molecular weight is 245 g/mol. The molecule has 102 valence electrons. The molecule has 17 heavy (non-hydrogen) atoms. The fourth-order valence-corrected chi connectivity index (χ4v) is 1.21. The lowest BCUT2D eigenvalue weighted by atomic mass is 10.4. The predicted molar refractivity (Wildman–Crippen MR) is 70.1 cm³/mol. The number of hydrogen-bond acceptors (Lipinski definition) is 4. The second-order valence-corrected chi connectivity index (χ2v) is 4.17. The molecule has 1 amide bonds. The first-order valence-electron chi connectivity index (χ1n) is 6.45. The van der Waals surface area contributed by atoms with Gasteiger partial charge in [-0.2, -0.15) is 0 Å². The molecule has 0 aliphatic heterocycles. The highest BCUT2D eigenvalue weighted by Gasteiger charge is 1.95. The SMILES string of the molecule is CCC(=O)NCCOCCNCCNC(C)C. The maximum absolute atomic E-state index is 10.9. The third-order valence-corrected chi connectivity index (χ3v) is 2.17. The van der Waals surface area contributed by atoms with Crippen LogP contribution in [0.5, 0.6) is 0 Å². The molecule has 0 aliphatic rings. The van der Waals surface area contributed by atoms with Gasteiger partial charge in [-0.1, -0.05) is 20.8 Å². The van der Waals surface area contributed by atoms with E-state index in [0.717, 1.165) is 19.6 Å². The summed E-state index contributed by atoms with van der Waals surface area (Å²) in [5.41, 5.74) is 0. The zero-order chi connectivity index (χ0) is 12.9. The summed E-state index contributed by atoms with van der Waals surface area (Å²) >= 11 is 0. The number of nitrogens with one attached hydrogen (secondary N) is 3. The predicted octanol–water partition coefficient (Wildman–Crippen LogP) is 0.117. The Labute approximate surface area is 105 Å². The maximum atomic E-state index is 10.9. The Morgan fingerprint density at radius 3 is 2.47 bits per heavy atom. The molecule has 5 nitrogen and oxygen atoms in total. The van der Waals surface area contributed by atoms with Crippen molar-refractivity contribution in [2.45, 2.75) is 33.2 Å². The molecular formula is C12H27N3O2. The molecule has 0 fully saturated rings. The standard InChI is InChI=1S/C12H27N3O2/c1-4-12(16)15-8-10-17-9-7-13-5-6-14-11(2)3/h11,13-14H,4-10H2,1-3H3,(H,15,16). The van der Waals surface area contributed by atoms with E-state index in [9.17, 15) is 4.79 Å². The van der Waals surface area contributed by atoms with Gasteiger partial charge in [0, 0.05) is 38.6 Å². The number of carbonyl (C=O) groups excluding carboxylic acids is 1. The highest BCUT2D eigenvalue weighted by molar-refractivity contribution is 5.75. The van der Waals surface area contributed by atoms with Crippen LogP contribution in [0.25, 0.3) is 0 Å². The first-order valence-corrected chi connectivity index (χ1v) is 6.45. The molecule has 0 rings (SSSR count). The Hall–Kier alpha value is -0.650. The molecular weight excluding hydrogens is 218 g/mol. The van der Waals surface area contributed by atoms with Gasteiger partial charge in [0.05, 0.1) is 13.2 Å². The lowest BCUT2D eigenvalue weighted by Crippen LogP contribution is -2.33. The first-order chi connectivity index (χ1) is 8.16. The summed E-state index contributed by atoms with van der Waals surface area (Å²) in [6.07, 6.45) is 0.532. The van der Waals surface area contributed by atoms with Gasteiger partial charge in [0.25, 0.3) is 0 Å². The molecule has 0 aromatic carbocycles. The molecule has 0 saturated heterocycles. The minimum Gasteiger partial charge on any atom is -0.378 e. The van der Waals surface area contributed by atoms with E-state index in [2.05, 4.69) is 29.8 Å². The van der Waals surface area contributed by atoms with E-state index in [1.165, 1.54) is 0 Å².